The highest BCUT2D eigenvalue weighted by atomic mass is 32.1. The number of aromatic amines is 1. The fourth-order valence-electron chi connectivity index (χ4n) is 2.01. The van der Waals surface area contributed by atoms with Crippen molar-refractivity contribution in [3.8, 4) is 0 Å². The van der Waals surface area contributed by atoms with Gasteiger partial charge in [-0.3, -0.25) is 9.78 Å². The van der Waals surface area contributed by atoms with E-state index in [4.69, 9.17) is 12.2 Å². The smallest absolute Gasteiger partial charge is 0.223 e. The fraction of sp³-hybridized carbons (Fsp3) is 0.417. The Morgan fingerprint density at radius 1 is 1.61 bits per heavy atom. The molecular weight excluding hydrogens is 248 g/mol. The Bertz CT molecular complexity index is 641. The number of pyridine rings is 1. The van der Waals surface area contributed by atoms with Crippen molar-refractivity contribution in [1.82, 2.24) is 19.9 Å². The van der Waals surface area contributed by atoms with Crippen LogP contribution in [0.3, 0.4) is 0 Å². The van der Waals surface area contributed by atoms with Crippen LogP contribution in [0.5, 0.6) is 0 Å². The summed E-state index contributed by atoms with van der Waals surface area (Å²) in [4.78, 5) is 18.7. The molecule has 0 saturated heterocycles. The van der Waals surface area contributed by atoms with E-state index in [1.54, 1.807) is 12.4 Å². The first-order valence-corrected chi connectivity index (χ1v) is 6.47. The standard InChI is InChI=1S/C12H14N4OS/c17-11(8-1-2-8)14-5-6-16-10-3-4-13-7-9(10)15-12(16)18/h3-4,7-8H,1-2,5-6H2,(H,14,17)(H,15,18). The lowest BCUT2D eigenvalue weighted by molar-refractivity contribution is -0.122. The normalized spacial score (nSPS) is 14.9. The molecule has 2 aromatic heterocycles. The molecule has 3 rings (SSSR count). The molecule has 0 atom stereocenters. The third-order valence-corrected chi connectivity index (χ3v) is 3.48. The number of carbonyl (C=O) groups excluding carboxylic acids is 1. The van der Waals surface area contributed by atoms with Gasteiger partial charge in [0.2, 0.25) is 5.91 Å². The second-order valence-corrected chi connectivity index (χ2v) is 4.93. The second kappa shape index (κ2) is 4.53. The van der Waals surface area contributed by atoms with Crippen LogP contribution < -0.4 is 5.32 Å². The topological polar surface area (TPSA) is 62.7 Å². The van der Waals surface area contributed by atoms with Gasteiger partial charge in [-0.15, -0.1) is 0 Å². The van der Waals surface area contributed by atoms with Gasteiger partial charge in [0.05, 0.1) is 17.2 Å². The number of hydrogen-bond donors (Lipinski definition) is 2. The van der Waals surface area contributed by atoms with E-state index in [2.05, 4.69) is 15.3 Å². The van der Waals surface area contributed by atoms with Gasteiger partial charge >= 0.3 is 0 Å². The number of nitrogens with one attached hydrogen (secondary N) is 2. The number of aromatic nitrogens is 3. The number of imidazole rings is 1. The molecule has 1 aliphatic carbocycles. The van der Waals surface area contributed by atoms with Crippen molar-refractivity contribution in [3.63, 3.8) is 0 Å². The number of fused-ring (bicyclic) bond motifs is 1. The Morgan fingerprint density at radius 3 is 3.22 bits per heavy atom. The maximum Gasteiger partial charge on any atom is 0.223 e. The number of H-pyrrole nitrogens is 1. The van der Waals surface area contributed by atoms with Crippen molar-refractivity contribution in [2.24, 2.45) is 5.92 Å². The zero-order chi connectivity index (χ0) is 12.5. The zero-order valence-corrected chi connectivity index (χ0v) is 10.7. The molecule has 0 radical (unpaired) electrons. The average Bonchev–Trinajstić information content (AvgIpc) is 3.15. The first-order chi connectivity index (χ1) is 8.75. The van der Waals surface area contributed by atoms with Crippen LogP contribution in [0.15, 0.2) is 18.5 Å². The van der Waals surface area contributed by atoms with Crippen molar-refractivity contribution < 1.29 is 4.79 Å². The van der Waals surface area contributed by atoms with Crippen LogP contribution in [0.4, 0.5) is 0 Å². The maximum absolute atomic E-state index is 11.5. The van der Waals surface area contributed by atoms with Gasteiger partial charge in [0.1, 0.15) is 0 Å². The molecule has 2 heterocycles. The molecule has 94 valence electrons. The molecule has 2 N–H and O–H groups in total. The lowest BCUT2D eigenvalue weighted by Crippen LogP contribution is -2.28. The molecule has 0 spiro atoms. The van der Waals surface area contributed by atoms with Gasteiger partial charge in [-0.25, -0.2) is 0 Å². The number of carbonyl (C=O) groups is 1. The summed E-state index contributed by atoms with van der Waals surface area (Å²) >= 11 is 5.26. The molecular formula is C12H14N4OS. The third-order valence-electron chi connectivity index (χ3n) is 3.16. The number of nitrogens with zero attached hydrogens (tertiary/aromatic N) is 2. The van der Waals surface area contributed by atoms with Gasteiger partial charge in [0.15, 0.2) is 4.77 Å². The molecule has 0 unspecified atom stereocenters. The quantitative estimate of drug-likeness (QED) is 0.823. The van der Waals surface area contributed by atoms with Gasteiger partial charge in [-0.2, -0.15) is 0 Å². The van der Waals surface area contributed by atoms with E-state index < -0.39 is 0 Å². The van der Waals surface area contributed by atoms with E-state index in [1.807, 2.05) is 10.6 Å². The SMILES string of the molecule is O=C(NCCn1c(=S)[nH]c2cnccc21)C1CC1. The largest absolute Gasteiger partial charge is 0.354 e. The van der Waals surface area contributed by atoms with Crippen molar-refractivity contribution in [3.05, 3.63) is 23.2 Å². The van der Waals surface area contributed by atoms with E-state index >= 15 is 0 Å². The highest BCUT2D eigenvalue weighted by Gasteiger charge is 2.29. The molecule has 2 aromatic rings. The maximum atomic E-state index is 11.5. The van der Waals surface area contributed by atoms with Gasteiger partial charge in [0, 0.05) is 25.2 Å². The van der Waals surface area contributed by atoms with Gasteiger partial charge < -0.3 is 14.9 Å². The lowest BCUT2D eigenvalue weighted by atomic mass is 10.4. The van der Waals surface area contributed by atoms with Crippen LogP contribution in [0.1, 0.15) is 12.8 Å². The van der Waals surface area contributed by atoms with E-state index in [-0.39, 0.29) is 11.8 Å². The Balaban J connectivity index is 1.72. The summed E-state index contributed by atoms with van der Waals surface area (Å²) in [6, 6.07) is 1.92. The van der Waals surface area contributed by atoms with Crippen LogP contribution in [0.2, 0.25) is 0 Å². The van der Waals surface area contributed by atoms with Crippen molar-refractivity contribution >= 4 is 29.2 Å². The molecule has 0 bridgehead atoms. The van der Waals surface area contributed by atoms with Crippen LogP contribution in [0, 0.1) is 10.7 Å². The van der Waals surface area contributed by atoms with E-state index in [9.17, 15) is 4.79 Å². The molecule has 0 aliphatic heterocycles. The van der Waals surface area contributed by atoms with Gasteiger partial charge in [-0.1, -0.05) is 0 Å². The minimum atomic E-state index is 0.169. The molecule has 6 heteroatoms. The van der Waals surface area contributed by atoms with Crippen molar-refractivity contribution in [1.29, 1.82) is 0 Å². The molecule has 5 nitrogen and oxygen atoms in total. The van der Waals surface area contributed by atoms with Crippen molar-refractivity contribution in [2.45, 2.75) is 19.4 Å². The van der Waals surface area contributed by atoms with E-state index in [0.717, 1.165) is 23.9 Å². The summed E-state index contributed by atoms with van der Waals surface area (Å²) < 4.78 is 2.65. The Labute approximate surface area is 109 Å². The number of hydrogen-bond acceptors (Lipinski definition) is 3. The summed E-state index contributed by atoms with van der Waals surface area (Å²) in [6.07, 6.45) is 5.56. The average molecular weight is 262 g/mol. The van der Waals surface area contributed by atoms with Crippen LogP contribution >= 0.6 is 12.2 Å². The number of rotatable bonds is 4. The van der Waals surface area contributed by atoms with Gasteiger partial charge in [-0.05, 0) is 31.1 Å². The van der Waals surface area contributed by atoms with Crippen LogP contribution in [0.25, 0.3) is 11.0 Å². The molecule has 1 saturated carbocycles. The Morgan fingerprint density at radius 2 is 2.44 bits per heavy atom. The summed E-state index contributed by atoms with van der Waals surface area (Å²) in [5, 5.41) is 2.94. The monoisotopic (exact) mass is 262 g/mol. The Hall–Kier alpha value is -1.69. The summed E-state index contributed by atoms with van der Waals surface area (Å²) in [5.41, 5.74) is 1.95. The zero-order valence-electron chi connectivity index (χ0n) is 9.85. The van der Waals surface area contributed by atoms with Gasteiger partial charge in [0.25, 0.3) is 0 Å². The summed E-state index contributed by atoms with van der Waals surface area (Å²) in [6.45, 7) is 1.29. The van der Waals surface area contributed by atoms with Crippen LogP contribution in [-0.2, 0) is 11.3 Å². The lowest BCUT2D eigenvalue weighted by Gasteiger charge is -2.06. The molecule has 1 amide bonds. The highest BCUT2D eigenvalue weighted by molar-refractivity contribution is 7.71. The van der Waals surface area contributed by atoms with Crippen molar-refractivity contribution in [2.75, 3.05) is 6.54 Å². The summed E-state index contributed by atoms with van der Waals surface area (Å²) in [5.74, 6) is 0.424. The second-order valence-electron chi connectivity index (χ2n) is 4.54. The molecule has 1 aliphatic rings. The first kappa shape index (κ1) is 11.4. The number of amides is 1. The molecule has 0 aromatic carbocycles. The minimum Gasteiger partial charge on any atom is -0.354 e. The first-order valence-electron chi connectivity index (χ1n) is 6.06. The van der Waals surface area contributed by atoms with Crippen LogP contribution in [-0.4, -0.2) is 27.0 Å². The van der Waals surface area contributed by atoms with E-state index in [0.29, 0.717) is 17.9 Å². The summed E-state index contributed by atoms with van der Waals surface area (Å²) in [7, 11) is 0. The molecule has 1 fully saturated rings. The predicted octanol–water partition coefficient (Wildman–Crippen LogP) is 1.62. The van der Waals surface area contributed by atoms with E-state index in [1.165, 1.54) is 0 Å². The third kappa shape index (κ3) is 2.15. The predicted molar refractivity (Wildman–Crippen MR) is 70.7 cm³/mol. The minimum absolute atomic E-state index is 0.169. The molecule has 18 heavy (non-hydrogen) atoms. The Kier molecular flexibility index (Phi) is 2.87. The highest BCUT2D eigenvalue weighted by Crippen LogP contribution is 2.28. The fourth-order valence-corrected chi connectivity index (χ4v) is 2.31.